The van der Waals surface area contributed by atoms with Crippen molar-refractivity contribution in [1.29, 1.82) is 0 Å². The van der Waals surface area contributed by atoms with E-state index in [0.717, 1.165) is 17.1 Å². The minimum atomic E-state index is -4.24. The van der Waals surface area contributed by atoms with Crippen molar-refractivity contribution in [2.45, 2.75) is 44.2 Å². The van der Waals surface area contributed by atoms with Gasteiger partial charge in [-0.1, -0.05) is 71.9 Å². The lowest BCUT2D eigenvalue weighted by atomic mass is 10.1. The molecule has 0 spiro atoms. The summed E-state index contributed by atoms with van der Waals surface area (Å²) in [5.41, 5.74) is 0.725. The van der Waals surface area contributed by atoms with Crippen LogP contribution in [0.15, 0.2) is 71.6 Å². The first-order valence-corrected chi connectivity index (χ1v) is 15.4. The van der Waals surface area contributed by atoms with Crippen LogP contribution in [0.5, 0.6) is 0 Å². The number of carbonyl (C=O) groups excluding carboxylic acids is 2. The van der Waals surface area contributed by atoms with E-state index in [1.165, 1.54) is 47.4 Å². The van der Waals surface area contributed by atoms with Gasteiger partial charge in [-0.15, -0.1) is 0 Å². The summed E-state index contributed by atoms with van der Waals surface area (Å²) >= 11 is 24.6. The number of nitrogens with zero attached hydrogens (tertiary/aromatic N) is 2. The number of benzene rings is 3. The second-order valence-electron chi connectivity index (χ2n) is 9.02. The minimum absolute atomic E-state index is 0.0540. The van der Waals surface area contributed by atoms with Gasteiger partial charge in [0.25, 0.3) is 10.0 Å². The second-order valence-corrected chi connectivity index (χ2v) is 12.6. The fraction of sp³-hybridized carbons (Fsp3) is 0.286. The molecular weight excluding hydrogens is 616 g/mol. The molecule has 3 aromatic rings. The standard InChI is InChI=1S/C28H29Cl4N3O4S/c1-3-4-14-33-28(37)19(2)34(17-20-8-9-23(31)16-26(20)32)27(36)18-35(24-7-5-6-22(30)15-24)40(38,39)25-12-10-21(29)11-13-25/h5-13,15-16,19H,3-4,14,17-18H2,1-2H3,(H,33,37). The van der Waals surface area contributed by atoms with Crippen LogP contribution >= 0.6 is 46.4 Å². The number of nitrogens with one attached hydrogen (secondary N) is 1. The van der Waals surface area contributed by atoms with Gasteiger partial charge in [0.15, 0.2) is 0 Å². The molecule has 3 rings (SSSR count). The van der Waals surface area contributed by atoms with Crippen LogP contribution in [0.25, 0.3) is 0 Å². The molecule has 0 heterocycles. The second kappa shape index (κ2) is 14.4. The zero-order valence-corrected chi connectivity index (χ0v) is 25.8. The van der Waals surface area contributed by atoms with Crippen LogP contribution in [0.1, 0.15) is 32.3 Å². The predicted molar refractivity (Wildman–Crippen MR) is 162 cm³/mol. The molecule has 214 valence electrons. The number of anilines is 1. The Labute approximate surface area is 255 Å². The summed E-state index contributed by atoms with van der Waals surface area (Å²) in [6, 6.07) is 15.7. The Balaban J connectivity index is 2.02. The first-order chi connectivity index (χ1) is 18.9. The topological polar surface area (TPSA) is 86.8 Å². The lowest BCUT2D eigenvalue weighted by Crippen LogP contribution is -2.51. The lowest BCUT2D eigenvalue weighted by Gasteiger charge is -2.32. The first kappa shape index (κ1) is 32.0. The maximum Gasteiger partial charge on any atom is 0.264 e. The number of hydrogen-bond donors (Lipinski definition) is 1. The molecule has 1 N–H and O–H groups in total. The van der Waals surface area contributed by atoms with Gasteiger partial charge in [-0.05, 0) is 73.5 Å². The number of hydrogen-bond acceptors (Lipinski definition) is 4. The van der Waals surface area contributed by atoms with Crippen molar-refractivity contribution in [1.82, 2.24) is 10.2 Å². The van der Waals surface area contributed by atoms with Gasteiger partial charge in [-0.2, -0.15) is 0 Å². The van der Waals surface area contributed by atoms with E-state index in [9.17, 15) is 18.0 Å². The Morgan fingerprint density at radius 3 is 2.17 bits per heavy atom. The molecule has 1 atom stereocenters. The summed E-state index contributed by atoms with van der Waals surface area (Å²) in [7, 11) is -4.24. The van der Waals surface area contributed by atoms with Crippen LogP contribution in [0.4, 0.5) is 5.69 Å². The third kappa shape index (κ3) is 8.27. The molecule has 0 saturated heterocycles. The zero-order valence-electron chi connectivity index (χ0n) is 21.9. The van der Waals surface area contributed by atoms with Crippen molar-refractivity contribution >= 4 is 73.9 Å². The van der Waals surface area contributed by atoms with E-state index in [2.05, 4.69) is 5.32 Å². The lowest BCUT2D eigenvalue weighted by molar-refractivity contribution is -0.139. The van der Waals surface area contributed by atoms with Crippen molar-refractivity contribution < 1.29 is 18.0 Å². The van der Waals surface area contributed by atoms with Gasteiger partial charge in [0.05, 0.1) is 10.6 Å². The summed E-state index contributed by atoms with van der Waals surface area (Å²) in [5.74, 6) is -0.997. The van der Waals surface area contributed by atoms with E-state index < -0.39 is 28.5 Å². The number of carbonyl (C=O) groups is 2. The average Bonchev–Trinajstić information content (AvgIpc) is 2.91. The van der Waals surface area contributed by atoms with Gasteiger partial charge in [-0.3, -0.25) is 13.9 Å². The number of amides is 2. The van der Waals surface area contributed by atoms with E-state index in [1.807, 2.05) is 6.92 Å². The highest BCUT2D eigenvalue weighted by Gasteiger charge is 2.33. The SMILES string of the molecule is CCCCNC(=O)C(C)N(Cc1ccc(Cl)cc1Cl)C(=O)CN(c1cccc(Cl)c1)S(=O)(=O)c1ccc(Cl)cc1. The smallest absolute Gasteiger partial charge is 0.264 e. The highest BCUT2D eigenvalue weighted by Crippen LogP contribution is 2.28. The Hall–Kier alpha value is -2.49. The zero-order chi connectivity index (χ0) is 29.4. The molecule has 0 saturated carbocycles. The molecule has 0 aliphatic heterocycles. The van der Waals surface area contributed by atoms with Crippen LogP contribution in [0.3, 0.4) is 0 Å². The third-order valence-corrected chi connectivity index (χ3v) is 8.99. The third-order valence-electron chi connectivity index (χ3n) is 6.13. The molecule has 3 aromatic carbocycles. The van der Waals surface area contributed by atoms with Gasteiger partial charge in [0.1, 0.15) is 12.6 Å². The fourth-order valence-corrected chi connectivity index (χ4v) is 6.03. The van der Waals surface area contributed by atoms with Crippen LogP contribution in [-0.4, -0.2) is 44.3 Å². The van der Waals surface area contributed by atoms with Gasteiger partial charge < -0.3 is 10.2 Å². The predicted octanol–water partition coefficient (Wildman–Crippen LogP) is 6.83. The highest BCUT2D eigenvalue weighted by atomic mass is 35.5. The van der Waals surface area contributed by atoms with E-state index in [0.29, 0.717) is 27.2 Å². The van der Waals surface area contributed by atoms with Crippen molar-refractivity contribution in [2.75, 3.05) is 17.4 Å². The van der Waals surface area contributed by atoms with E-state index in [1.54, 1.807) is 31.2 Å². The molecular formula is C28H29Cl4N3O4S. The Morgan fingerprint density at radius 1 is 0.900 bits per heavy atom. The maximum absolute atomic E-state index is 13.9. The summed E-state index contributed by atoms with van der Waals surface area (Å²) in [5, 5.41) is 4.20. The summed E-state index contributed by atoms with van der Waals surface area (Å²) in [6.45, 7) is 3.37. The van der Waals surface area contributed by atoms with Crippen LogP contribution in [-0.2, 0) is 26.2 Å². The maximum atomic E-state index is 13.9. The van der Waals surface area contributed by atoms with Crippen LogP contribution in [0.2, 0.25) is 20.1 Å². The Morgan fingerprint density at radius 2 is 1.55 bits per heavy atom. The van der Waals surface area contributed by atoms with Crippen LogP contribution < -0.4 is 9.62 Å². The molecule has 0 bridgehead atoms. The summed E-state index contributed by atoms with van der Waals surface area (Å²) < 4.78 is 28.6. The minimum Gasteiger partial charge on any atom is -0.354 e. The van der Waals surface area contributed by atoms with Gasteiger partial charge in [0.2, 0.25) is 11.8 Å². The molecule has 7 nitrogen and oxygen atoms in total. The van der Waals surface area contributed by atoms with E-state index >= 15 is 0 Å². The van der Waals surface area contributed by atoms with Gasteiger partial charge >= 0.3 is 0 Å². The van der Waals surface area contributed by atoms with Crippen molar-refractivity contribution in [2.24, 2.45) is 0 Å². The number of sulfonamides is 1. The molecule has 0 radical (unpaired) electrons. The average molecular weight is 645 g/mol. The molecule has 0 fully saturated rings. The van der Waals surface area contributed by atoms with Crippen LogP contribution in [0, 0.1) is 0 Å². The first-order valence-electron chi connectivity index (χ1n) is 12.5. The fourth-order valence-electron chi connectivity index (χ4n) is 3.85. The molecule has 40 heavy (non-hydrogen) atoms. The molecule has 0 aliphatic rings. The largest absolute Gasteiger partial charge is 0.354 e. The monoisotopic (exact) mass is 643 g/mol. The number of halogens is 4. The van der Waals surface area contributed by atoms with E-state index in [4.69, 9.17) is 46.4 Å². The molecule has 0 aliphatic carbocycles. The molecule has 2 amide bonds. The number of rotatable bonds is 12. The van der Waals surface area contributed by atoms with Crippen molar-refractivity contribution in [3.8, 4) is 0 Å². The quantitative estimate of drug-likeness (QED) is 0.219. The highest BCUT2D eigenvalue weighted by molar-refractivity contribution is 7.92. The molecule has 12 heteroatoms. The molecule has 1 unspecified atom stereocenters. The van der Waals surface area contributed by atoms with Crippen molar-refractivity contribution in [3.05, 3.63) is 92.4 Å². The molecule has 0 aromatic heterocycles. The van der Waals surface area contributed by atoms with Gasteiger partial charge in [-0.25, -0.2) is 8.42 Å². The Kier molecular flexibility index (Phi) is 11.5. The summed E-state index contributed by atoms with van der Waals surface area (Å²) in [4.78, 5) is 28.2. The summed E-state index contributed by atoms with van der Waals surface area (Å²) in [6.07, 6.45) is 1.66. The normalized spacial score (nSPS) is 12.1. The number of unbranched alkanes of at least 4 members (excludes halogenated alkanes) is 1. The van der Waals surface area contributed by atoms with Gasteiger partial charge in [0, 0.05) is 33.2 Å². The van der Waals surface area contributed by atoms with E-state index in [-0.39, 0.29) is 28.1 Å². The Bertz CT molecular complexity index is 1450. The van der Waals surface area contributed by atoms with Crippen molar-refractivity contribution in [3.63, 3.8) is 0 Å².